The van der Waals surface area contributed by atoms with Gasteiger partial charge in [0.05, 0.1) is 24.0 Å². The largest absolute Gasteiger partial charge is 0.488 e. The number of hydrogen-bond donors (Lipinski definition) is 0. The molecule has 1 atom stereocenters. The number of nitro benzene ring substituents is 1. The number of nitrogens with zero attached hydrogens (tertiary/aromatic N) is 1. The van der Waals surface area contributed by atoms with Gasteiger partial charge in [-0.05, 0) is 6.07 Å². The molecule has 1 heterocycles. The summed E-state index contributed by atoms with van der Waals surface area (Å²) in [5.41, 5.74) is 0.656. The highest BCUT2D eigenvalue weighted by atomic mass is 35.5. The summed E-state index contributed by atoms with van der Waals surface area (Å²) in [6, 6.07) is 4.45. The van der Waals surface area contributed by atoms with Crippen molar-refractivity contribution < 1.29 is 14.4 Å². The van der Waals surface area contributed by atoms with E-state index in [1.807, 2.05) is 0 Å². The van der Waals surface area contributed by atoms with Gasteiger partial charge in [0.1, 0.15) is 11.9 Å². The van der Waals surface area contributed by atoms with Crippen LogP contribution in [0, 0.1) is 10.1 Å². The molecule has 0 amide bonds. The molecule has 1 saturated heterocycles. The van der Waals surface area contributed by atoms with Gasteiger partial charge in [0.15, 0.2) is 0 Å². The van der Waals surface area contributed by atoms with E-state index in [0.29, 0.717) is 24.5 Å². The third-order valence-electron chi connectivity index (χ3n) is 2.58. The maximum Gasteiger partial charge on any atom is 0.270 e. The second-order valence-electron chi connectivity index (χ2n) is 3.79. The van der Waals surface area contributed by atoms with Gasteiger partial charge >= 0.3 is 0 Å². The molecule has 0 aromatic heterocycles. The molecule has 0 radical (unpaired) electrons. The molecule has 1 aliphatic heterocycles. The summed E-state index contributed by atoms with van der Waals surface area (Å²) in [6.07, 6.45) is 0.844. The van der Waals surface area contributed by atoms with E-state index in [1.54, 1.807) is 6.07 Å². The maximum atomic E-state index is 10.6. The van der Waals surface area contributed by atoms with Crippen molar-refractivity contribution in [2.24, 2.45) is 0 Å². The smallest absolute Gasteiger partial charge is 0.270 e. The molecule has 1 aliphatic rings. The van der Waals surface area contributed by atoms with Crippen molar-refractivity contribution in [2.75, 3.05) is 13.2 Å². The lowest BCUT2D eigenvalue weighted by molar-refractivity contribution is -0.384. The van der Waals surface area contributed by atoms with Gasteiger partial charge in [-0.25, -0.2) is 0 Å². The van der Waals surface area contributed by atoms with Gasteiger partial charge in [-0.3, -0.25) is 10.1 Å². The molecule has 2 rings (SSSR count). The van der Waals surface area contributed by atoms with Gasteiger partial charge in [0.2, 0.25) is 0 Å². The van der Waals surface area contributed by atoms with Crippen molar-refractivity contribution in [3.63, 3.8) is 0 Å². The second-order valence-corrected chi connectivity index (χ2v) is 4.05. The van der Waals surface area contributed by atoms with Crippen LogP contribution < -0.4 is 4.74 Å². The Morgan fingerprint density at radius 1 is 1.59 bits per heavy atom. The first-order valence-electron chi connectivity index (χ1n) is 5.28. The van der Waals surface area contributed by atoms with Crippen molar-refractivity contribution in [1.82, 2.24) is 0 Å². The third-order valence-corrected chi connectivity index (χ3v) is 2.87. The second kappa shape index (κ2) is 5.33. The van der Waals surface area contributed by atoms with E-state index in [4.69, 9.17) is 21.1 Å². The molecular weight excluding hydrogens is 246 g/mol. The first-order chi connectivity index (χ1) is 8.20. The summed E-state index contributed by atoms with van der Waals surface area (Å²) in [7, 11) is 0. The zero-order valence-electron chi connectivity index (χ0n) is 9.10. The molecule has 6 heteroatoms. The van der Waals surface area contributed by atoms with E-state index in [0.717, 1.165) is 6.42 Å². The number of rotatable bonds is 4. The Kier molecular flexibility index (Phi) is 3.81. The molecule has 92 valence electrons. The maximum absolute atomic E-state index is 10.6. The molecule has 5 nitrogen and oxygen atoms in total. The molecule has 0 N–H and O–H groups in total. The van der Waals surface area contributed by atoms with E-state index in [-0.39, 0.29) is 17.7 Å². The van der Waals surface area contributed by atoms with Crippen LogP contribution in [0.3, 0.4) is 0 Å². The highest BCUT2D eigenvalue weighted by molar-refractivity contribution is 6.17. The molecule has 0 bridgehead atoms. The van der Waals surface area contributed by atoms with Crippen LogP contribution in [0.2, 0.25) is 0 Å². The van der Waals surface area contributed by atoms with Crippen LogP contribution in [-0.2, 0) is 10.6 Å². The van der Waals surface area contributed by atoms with Gasteiger partial charge in [0.25, 0.3) is 5.69 Å². The first-order valence-corrected chi connectivity index (χ1v) is 5.82. The van der Waals surface area contributed by atoms with E-state index < -0.39 is 4.92 Å². The van der Waals surface area contributed by atoms with Crippen molar-refractivity contribution >= 4 is 17.3 Å². The molecule has 17 heavy (non-hydrogen) atoms. The van der Waals surface area contributed by atoms with Crippen molar-refractivity contribution in [1.29, 1.82) is 0 Å². The Labute approximate surface area is 103 Å². The van der Waals surface area contributed by atoms with Crippen LogP contribution in [-0.4, -0.2) is 24.2 Å². The summed E-state index contributed by atoms with van der Waals surface area (Å²) in [5.74, 6) is 0.783. The van der Waals surface area contributed by atoms with E-state index in [1.165, 1.54) is 12.1 Å². The quantitative estimate of drug-likeness (QED) is 0.472. The molecule has 1 fully saturated rings. The molecule has 1 aromatic rings. The molecule has 1 aromatic carbocycles. The fourth-order valence-electron chi connectivity index (χ4n) is 1.68. The van der Waals surface area contributed by atoms with Crippen LogP contribution in [0.15, 0.2) is 18.2 Å². The van der Waals surface area contributed by atoms with Crippen molar-refractivity contribution in [3.05, 3.63) is 33.9 Å². The number of ether oxygens (including phenoxy) is 2. The minimum absolute atomic E-state index is 0.0124. The zero-order chi connectivity index (χ0) is 12.3. The standard InChI is InChI=1S/C11H12ClNO4/c12-6-8-5-9(13(14)15)1-2-11(8)17-10-3-4-16-7-10/h1-2,5,10H,3-4,6-7H2. The fraction of sp³-hybridized carbons (Fsp3) is 0.455. The average molecular weight is 258 g/mol. The molecule has 0 aliphatic carbocycles. The van der Waals surface area contributed by atoms with E-state index in [9.17, 15) is 10.1 Å². The summed E-state index contributed by atoms with van der Waals surface area (Å²) in [4.78, 5) is 10.2. The van der Waals surface area contributed by atoms with Gasteiger partial charge in [-0.1, -0.05) is 0 Å². The number of non-ortho nitro benzene ring substituents is 1. The predicted molar refractivity (Wildman–Crippen MR) is 62.5 cm³/mol. The van der Waals surface area contributed by atoms with Crippen LogP contribution in [0.5, 0.6) is 5.75 Å². The third kappa shape index (κ3) is 2.87. The Morgan fingerprint density at radius 3 is 3.00 bits per heavy atom. The lowest BCUT2D eigenvalue weighted by Gasteiger charge is -2.14. The zero-order valence-corrected chi connectivity index (χ0v) is 9.85. The number of benzene rings is 1. The highest BCUT2D eigenvalue weighted by Gasteiger charge is 2.19. The lowest BCUT2D eigenvalue weighted by Crippen LogP contribution is -2.16. The van der Waals surface area contributed by atoms with Crippen molar-refractivity contribution in [3.8, 4) is 5.75 Å². The van der Waals surface area contributed by atoms with Gasteiger partial charge in [0, 0.05) is 24.1 Å². The first kappa shape index (κ1) is 12.1. The van der Waals surface area contributed by atoms with E-state index in [2.05, 4.69) is 0 Å². The minimum Gasteiger partial charge on any atom is -0.488 e. The van der Waals surface area contributed by atoms with Crippen molar-refractivity contribution in [2.45, 2.75) is 18.4 Å². The SMILES string of the molecule is O=[N+]([O-])c1ccc(OC2CCOC2)c(CCl)c1. The van der Waals surface area contributed by atoms with Crippen LogP contribution >= 0.6 is 11.6 Å². The summed E-state index contributed by atoms with van der Waals surface area (Å²) in [5, 5.41) is 10.6. The van der Waals surface area contributed by atoms with Crippen LogP contribution in [0.25, 0.3) is 0 Å². The predicted octanol–water partition coefficient (Wildman–Crippen LogP) is 2.50. The summed E-state index contributed by atoms with van der Waals surface area (Å²) >= 11 is 5.76. The molecular formula is C11H12ClNO4. The number of halogens is 1. The molecule has 0 spiro atoms. The van der Waals surface area contributed by atoms with Gasteiger partial charge in [-0.2, -0.15) is 0 Å². The lowest BCUT2D eigenvalue weighted by atomic mass is 10.2. The van der Waals surface area contributed by atoms with Gasteiger partial charge < -0.3 is 9.47 Å². The number of alkyl halides is 1. The Balaban J connectivity index is 2.18. The monoisotopic (exact) mass is 257 g/mol. The average Bonchev–Trinajstić information content (AvgIpc) is 2.82. The molecule has 0 saturated carbocycles. The topological polar surface area (TPSA) is 61.6 Å². The summed E-state index contributed by atoms with van der Waals surface area (Å²) < 4.78 is 10.9. The molecule has 1 unspecified atom stereocenters. The van der Waals surface area contributed by atoms with Gasteiger partial charge in [-0.15, -0.1) is 11.6 Å². The summed E-state index contributed by atoms with van der Waals surface area (Å²) in [6.45, 7) is 1.24. The normalized spacial score (nSPS) is 19.2. The van der Waals surface area contributed by atoms with E-state index >= 15 is 0 Å². The highest BCUT2D eigenvalue weighted by Crippen LogP contribution is 2.27. The van der Waals surface area contributed by atoms with Crippen LogP contribution in [0.1, 0.15) is 12.0 Å². The Hall–Kier alpha value is -1.33. The van der Waals surface area contributed by atoms with Crippen LogP contribution in [0.4, 0.5) is 5.69 Å². The Bertz CT molecular complexity index is 418. The number of hydrogen-bond acceptors (Lipinski definition) is 4. The number of nitro groups is 1. The minimum atomic E-state index is -0.446. The fourth-order valence-corrected chi connectivity index (χ4v) is 1.89. The Morgan fingerprint density at radius 2 is 2.41 bits per heavy atom.